The number of fused-ring (bicyclic) bond motifs is 1. The molecule has 134 valence electrons. The average Bonchev–Trinajstić information content (AvgIpc) is 3.23. The van der Waals surface area contributed by atoms with E-state index in [-0.39, 0.29) is 16.5 Å². The summed E-state index contributed by atoms with van der Waals surface area (Å²) in [6.07, 6.45) is -4.86. The molecule has 1 aromatic carbocycles. The third kappa shape index (κ3) is 2.58. The Balaban J connectivity index is 1.84. The lowest BCUT2D eigenvalue weighted by atomic mass is 10.1. The summed E-state index contributed by atoms with van der Waals surface area (Å²) >= 11 is 1.61. The van der Waals surface area contributed by atoms with Crippen LogP contribution in [0.4, 0.5) is 22.4 Å². The normalized spacial score (nSPS) is 19.9. The van der Waals surface area contributed by atoms with Gasteiger partial charge < -0.3 is 5.32 Å². The molecule has 0 radical (unpaired) electrons. The molecule has 0 fully saturated rings. The van der Waals surface area contributed by atoms with Crippen molar-refractivity contribution in [1.29, 1.82) is 0 Å². The number of nitrogens with zero attached hydrogens (tertiary/aromatic N) is 3. The summed E-state index contributed by atoms with van der Waals surface area (Å²) in [6.45, 7) is 0. The number of hydrogen-bond donors (Lipinski definition) is 1. The van der Waals surface area contributed by atoms with Gasteiger partial charge >= 0.3 is 12.2 Å². The first-order valence-electron chi connectivity index (χ1n) is 7.15. The Morgan fingerprint density at radius 3 is 2.50 bits per heavy atom. The lowest BCUT2D eigenvalue weighted by Crippen LogP contribution is -2.57. The van der Waals surface area contributed by atoms with Crippen molar-refractivity contribution in [3.63, 3.8) is 0 Å². The Kier molecular flexibility index (Phi) is 3.81. The third-order valence-corrected chi connectivity index (χ3v) is 5.88. The number of carbonyl (C=O) groups is 1. The van der Waals surface area contributed by atoms with E-state index < -0.39 is 22.9 Å². The van der Waals surface area contributed by atoms with Gasteiger partial charge in [-0.2, -0.15) is 22.8 Å². The summed E-state index contributed by atoms with van der Waals surface area (Å²) in [6, 6.07) is 6.18. The zero-order chi connectivity index (χ0) is 18.5. The van der Waals surface area contributed by atoms with Crippen molar-refractivity contribution >= 4 is 29.1 Å². The standard InChI is InChI=1S/C15H8F4N4OS2/c16-9-5-3-8(4-6-9)14(15(17,18)19)21-12(24)23-13(26-14)20-11(22-23)10-2-1-7-25-10/h1-7H,(H,21,24). The molecule has 0 saturated heterocycles. The van der Waals surface area contributed by atoms with Gasteiger partial charge in [-0.1, -0.05) is 18.2 Å². The summed E-state index contributed by atoms with van der Waals surface area (Å²) in [4.78, 5) is 14.3. The summed E-state index contributed by atoms with van der Waals surface area (Å²) < 4.78 is 55.8. The molecule has 0 saturated carbocycles. The van der Waals surface area contributed by atoms with Crippen LogP contribution in [0.1, 0.15) is 5.56 Å². The van der Waals surface area contributed by atoms with Crippen molar-refractivity contribution in [3.05, 3.63) is 53.2 Å². The molecule has 1 atom stereocenters. The number of halogens is 4. The second kappa shape index (κ2) is 5.81. The van der Waals surface area contributed by atoms with Crippen LogP contribution in [0.2, 0.25) is 0 Å². The summed E-state index contributed by atoms with van der Waals surface area (Å²) in [5.74, 6) is -0.518. The van der Waals surface area contributed by atoms with Gasteiger partial charge in [0.1, 0.15) is 5.82 Å². The van der Waals surface area contributed by atoms with E-state index in [2.05, 4.69) is 10.1 Å². The number of thiophene rings is 1. The van der Waals surface area contributed by atoms with E-state index >= 15 is 0 Å². The van der Waals surface area contributed by atoms with Gasteiger partial charge in [-0.05, 0) is 40.9 Å². The number of rotatable bonds is 2. The van der Waals surface area contributed by atoms with E-state index in [1.165, 1.54) is 11.3 Å². The summed E-state index contributed by atoms with van der Waals surface area (Å²) in [7, 11) is 0. The number of hydrogen-bond acceptors (Lipinski definition) is 5. The molecular weight excluding hydrogens is 392 g/mol. The van der Waals surface area contributed by atoms with Crippen LogP contribution in [-0.2, 0) is 4.87 Å². The number of amides is 1. The van der Waals surface area contributed by atoms with Crippen LogP contribution in [0.3, 0.4) is 0 Å². The highest BCUT2D eigenvalue weighted by molar-refractivity contribution is 8.00. The molecule has 5 nitrogen and oxygen atoms in total. The molecule has 0 bridgehead atoms. The molecule has 3 heterocycles. The van der Waals surface area contributed by atoms with E-state index in [4.69, 9.17) is 0 Å². The minimum atomic E-state index is -4.86. The fourth-order valence-corrected chi connectivity index (χ4v) is 4.26. The molecule has 1 amide bonds. The third-order valence-electron chi connectivity index (χ3n) is 3.69. The van der Waals surface area contributed by atoms with Gasteiger partial charge in [0, 0.05) is 0 Å². The number of thioether (sulfide) groups is 1. The number of nitrogens with one attached hydrogen (secondary N) is 1. The molecule has 11 heteroatoms. The topological polar surface area (TPSA) is 59.8 Å². The minimum Gasteiger partial charge on any atom is -0.309 e. The van der Waals surface area contributed by atoms with Crippen molar-refractivity contribution in [2.45, 2.75) is 16.2 Å². The average molecular weight is 400 g/mol. The molecule has 0 spiro atoms. The molecule has 1 aliphatic rings. The zero-order valence-electron chi connectivity index (χ0n) is 12.6. The van der Waals surface area contributed by atoms with Crippen molar-refractivity contribution in [2.24, 2.45) is 0 Å². The second-order valence-corrected chi connectivity index (χ2v) is 7.45. The summed E-state index contributed by atoms with van der Waals surface area (Å²) in [5.41, 5.74) is -0.309. The first-order chi connectivity index (χ1) is 12.3. The maximum absolute atomic E-state index is 13.9. The number of aromatic nitrogens is 3. The first kappa shape index (κ1) is 17.0. The molecule has 0 aliphatic carbocycles. The van der Waals surface area contributed by atoms with Crippen LogP contribution >= 0.6 is 23.1 Å². The maximum Gasteiger partial charge on any atom is 0.425 e. The van der Waals surface area contributed by atoms with Gasteiger partial charge in [-0.3, -0.25) is 0 Å². The lowest BCUT2D eigenvalue weighted by Gasteiger charge is -2.37. The van der Waals surface area contributed by atoms with Crippen LogP contribution in [0.5, 0.6) is 0 Å². The predicted molar refractivity (Wildman–Crippen MR) is 87.3 cm³/mol. The molecule has 4 rings (SSSR count). The Morgan fingerprint density at radius 1 is 1.15 bits per heavy atom. The molecule has 2 aromatic heterocycles. The molecule has 1 unspecified atom stereocenters. The second-order valence-electron chi connectivity index (χ2n) is 5.33. The van der Waals surface area contributed by atoms with Gasteiger partial charge in [0.2, 0.25) is 4.87 Å². The van der Waals surface area contributed by atoms with Crippen LogP contribution in [0, 0.1) is 5.82 Å². The van der Waals surface area contributed by atoms with Crippen LogP contribution in [-0.4, -0.2) is 27.0 Å². The number of carbonyl (C=O) groups excluding carboxylic acids is 1. The van der Waals surface area contributed by atoms with E-state index in [1.54, 1.807) is 17.5 Å². The Labute approximate surface area is 152 Å². The Bertz CT molecular complexity index is 969. The van der Waals surface area contributed by atoms with E-state index in [0.717, 1.165) is 28.9 Å². The molecule has 1 N–H and O–H groups in total. The smallest absolute Gasteiger partial charge is 0.309 e. The molecule has 3 aromatic rings. The fraction of sp³-hybridized carbons (Fsp3) is 0.133. The van der Waals surface area contributed by atoms with Crippen LogP contribution in [0.25, 0.3) is 10.7 Å². The maximum atomic E-state index is 13.9. The van der Waals surface area contributed by atoms with Crippen molar-refractivity contribution in [1.82, 2.24) is 20.1 Å². The van der Waals surface area contributed by atoms with Gasteiger partial charge in [-0.15, -0.1) is 16.4 Å². The molecule has 1 aliphatic heterocycles. The Hall–Kier alpha value is -2.40. The van der Waals surface area contributed by atoms with Gasteiger partial charge in [0.15, 0.2) is 11.0 Å². The first-order valence-corrected chi connectivity index (χ1v) is 8.85. The highest BCUT2D eigenvalue weighted by Gasteiger charge is 2.61. The van der Waals surface area contributed by atoms with Crippen LogP contribution < -0.4 is 5.32 Å². The highest BCUT2D eigenvalue weighted by Crippen LogP contribution is 2.52. The van der Waals surface area contributed by atoms with Crippen molar-refractivity contribution in [3.8, 4) is 10.7 Å². The monoisotopic (exact) mass is 400 g/mol. The highest BCUT2D eigenvalue weighted by atomic mass is 32.2. The van der Waals surface area contributed by atoms with Gasteiger partial charge in [0.05, 0.1) is 4.88 Å². The Morgan fingerprint density at radius 2 is 1.88 bits per heavy atom. The lowest BCUT2D eigenvalue weighted by molar-refractivity contribution is -0.168. The van der Waals surface area contributed by atoms with Crippen molar-refractivity contribution < 1.29 is 22.4 Å². The SMILES string of the molecule is O=C1NC(c2ccc(F)cc2)(C(F)(F)F)Sc2nc(-c3cccs3)nn21. The molecular formula is C15H8F4N4OS2. The number of alkyl halides is 3. The largest absolute Gasteiger partial charge is 0.425 e. The van der Waals surface area contributed by atoms with E-state index in [0.29, 0.717) is 16.6 Å². The fourth-order valence-electron chi connectivity index (χ4n) is 2.48. The minimum absolute atomic E-state index is 0.162. The van der Waals surface area contributed by atoms with E-state index in [9.17, 15) is 22.4 Å². The predicted octanol–water partition coefficient (Wildman–Crippen LogP) is 4.22. The zero-order valence-corrected chi connectivity index (χ0v) is 14.3. The van der Waals surface area contributed by atoms with Gasteiger partial charge in [0.25, 0.3) is 0 Å². The summed E-state index contributed by atoms with van der Waals surface area (Å²) in [5, 5.41) is 7.52. The van der Waals surface area contributed by atoms with E-state index in [1.807, 2.05) is 5.32 Å². The molecule has 26 heavy (non-hydrogen) atoms. The van der Waals surface area contributed by atoms with Crippen molar-refractivity contribution in [2.75, 3.05) is 0 Å². The quantitative estimate of drug-likeness (QED) is 0.655. The van der Waals surface area contributed by atoms with Crippen LogP contribution in [0.15, 0.2) is 46.9 Å². The van der Waals surface area contributed by atoms with Gasteiger partial charge in [-0.25, -0.2) is 9.18 Å². The number of benzene rings is 1.